The van der Waals surface area contributed by atoms with Crippen molar-refractivity contribution in [2.24, 2.45) is 0 Å². The highest BCUT2D eigenvalue weighted by Gasteiger charge is 2.44. The van der Waals surface area contributed by atoms with Gasteiger partial charge in [-0.1, -0.05) is 282 Å². The van der Waals surface area contributed by atoms with Crippen molar-refractivity contribution in [3.8, 4) is 0 Å². The van der Waals surface area contributed by atoms with Crippen molar-refractivity contribution >= 4 is 5.91 Å². The van der Waals surface area contributed by atoms with Gasteiger partial charge >= 0.3 is 0 Å². The second-order valence-electron chi connectivity index (χ2n) is 21.9. The van der Waals surface area contributed by atoms with Gasteiger partial charge in [0.1, 0.15) is 24.4 Å². The third-order valence-electron chi connectivity index (χ3n) is 15.1. The second kappa shape index (κ2) is 52.1. The largest absolute Gasteiger partial charge is 0.394 e. The van der Waals surface area contributed by atoms with Gasteiger partial charge in [0.05, 0.1) is 25.4 Å². The van der Waals surface area contributed by atoms with Crippen molar-refractivity contribution in [3.63, 3.8) is 0 Å². The van der Waals surface area contributed by atoms with Crippen molar-refractivity contribution in [1.82, 2.24) is 5.32 Å². The van der Waals surface area contributed by atoms with E-state index in [0.717, 1.165) is 44.9 Å². The smallest absolute Gasteiger partial charge is 0.220 e. The Labute approximate surface area is 439 Å². The standard InChI is InChI=1S/C62H119NO8/c1-3-5-7-9-11-13-15-17-19-21-23-25-27-28-30-32-34-36-38-40-42-44-46-48-50-52-58(66)63-55(54-70-62-61(69)60(68)59(67)57(53-64)71-62)56(65)51-49-47-45-43-41-39-37-35-33-31-29-26-24-22-20-18-16-14-12-10-8-6-4-2/h23,25,28,30,55-57,59-62,64-65,67-69H,3-22,24,26-27,29,31-54H2,1-2H3,(H,63,66)/b25-23-,30-28-. The van der Waals surface area contributed by atoms with E-state index in [1.54, 1.807) is 0 Å². The van der Waals surface area contributed by atoms with E-state index in [-0.39, 0.29) is 12.5 Å². The molecule has 6 N–H and O–H groups in total. The summed E-state index contributed by atoms with van der Waals surface area (Å²) < 4.78 is 11.3. The fourth-order valence-corrected chi connectivity index (χ4v) is 10.1. The molecular weight excluding hydrogens is 887 g/mol. The third kappa shape index (κ3) is 41.6. The lowest BCUT2D eigenvalue weighted by atomic mass is 9.99. The summed E-state index contributed by atoms with van der Waals surface area (Å²) >= 11 is 0. The lowest BCUT2D eigenvalue weighted by Crippen LogP contribution is -2.60. The number of aliphatic hydroxyl groups excluding tert-OH is 5. The van der Waals surface area contributed by atoms with E-state index in [1.807, 2.05) is 0 Å². The predicted octanol–water partition coefficient (Wildman–Crippen LogP) is 15.7. The first-order valence-electron chi connectivity index (χ1n) is 31.0. The molecule has 71 heavy (non-hydrogen) atoms. The molecule has 0 aromatic rings. The zero-order chi connectivity index (χ0) is 51.5. The number of allylic oxidation sites excluding steroid dienone is 4. The van der Waals surface area contributed by atoms with Crippen molar-refractivity contribution < 1.29 is 39.8 Å². The van der Waals surface area contributed by atoms with E-state index in [4.69, 9.17) is 9.47 Å². The van der Waals surface area contributed by atoms with Crippen molar-refractivity contribution in [2.45, 2.75) is 352 Å². The summed E-state index contributed by atoms with van der Waals surface area (Å²) in [5.41, 5.74) is 0. The average Bonchev–Trinajstić information content (AvgIpc) is 3.37. The quantitative estimate of drug-likeness (QED) is 0.0261. The van der Waals surface area contributed by atoms with Gasteiger partial charge in [-0.25, -0.2) is 0 Å². The molecule has 1 saturated heterocycles. The highest BCUT2D eigenvalue weighted by Crippen LogP contribution is 2.23. The molecule has 0 aromatic heterocycles. The number of amides is 1. The summed E-state index contributed by atoms with van der Waals surface area (Å²) in [4.78, 5) is 13.1. The van der Waals surface area contributed by atoms with E-state index in [2.05, 4.69) is 43.5 Å². The highest BCUT2D eigenvalue weighted by molar-refractivity contribution is 5.76. The van der Waals surface area contributed by atoms with Gasteiger partial charge in [-0.3, -0.25) is 4.79 Å². The van der Waals surface area contributed by atoms with Crippen LogP contribution in [0, 0.1) is 0 Å². The molecule has 0 spiro atoms. The Balaban J connectivity index is 2.18. The number of hydrogen-bond donors (Lipinski definition) is 6. The van der Waals surface area contributed by atoms with Gasteiger partial charge in [-0.2, -0.15) is 0 Å². The van der Waals surface area contributed by atoms with Gasteiger partial charge in [0.15, 0.2) is 6.29 Å². The van der Waals surface area contributed by atoms with Gasteiger partial charge in [0.2, 0.25) is 5.91 Å². The summed E-state index contributed by atoms with van der Waals surface area (Å²) in [5.74, 6) is -0.144. The van der Waals surface area contributed by atoms with Crippen molar-refractivity contribution in [1.29, 1.82) is 0 Å². The van der Waals surface area contributed by atoms with Crippen LogP contribution in [0.15, 0.2) is 24.3 Å². The van der Waals surface area contributed by atoms with Crippen LogP contribution in [0.4, 0.5) is 0 Å². The number of carbonyl (C=O) groups excluding carboxylic acids is 1. The minimum absolute atomic E-state index is 0.137. The molecule has 0 saturated carbocycles. The molecule has 7 atom stereocenters. The first-order valence-corrected chi connectivity index (χ1v) is 31.0. The van der Waals surface area contributed by atoms with Crippen molar-refractivity contribution in [2.75, 3.05) is 13.2 Å². The van der Waals surface area contributed by atoms with Crippen LogP contribution in [0.25, 0.3) is 0 Å². The molecule has 1 amide bonds. The molecular formula is C62H119NO8. The number of rotatable bonds is 54. The fourth-order valence-electron chi connectivity index (χ4n) is 10.1. The van der Waals surface area contributed by atoms with Crippen LogP contribution in [0.3, 0.4) is 0 Å². The maximum Gasteiger partial charge on any atom is 0.220 e. The molecule has 1 aliphatic heterocycles. The Hall–Kier alpha value is -1.33. The fraction of sp³-hybridized carbons (Fsp3) is 0.919. The number of unbranched alkanes of at least 4 members (excludes halogenated alkanes) is 40. The Morgan fingerprint density at radius 2 is 0.831 bits per heavy atom. The van der Waals surface area contributed by atoms with Crippen LogP contribution in [-0.2, 0) is 14.3 Å². The SMILES string of the molecule is CCCCCCCCCCC/C=C\C/C=C\CCCCCCCCCCCC(=O)NC(COC1OC(CO)C(O)C(O)C1O)C(O)CCCCCCCCCCCCCCCCCCCCCCCCC. The maximum absolute atomic E-state index is 13.1. The summed E-state index contributed by atoms with van der Waals surface area (Å²) in [5, 5.41) is 54.8. The minimum Gasteiger partial charge on any atom is -0.394 e. The molecule has 420 valence electrons. The lowest BCUT2D eigenvalue weighted by molar-refractivity contribution is -0.302. The van der Waals surface area contributed by atoms with Crippen LogP contribution >= 0.6 is 0 Å². The van der Waals surface area contributed by atoms with E-state index >= 15 is 0 Å². The van der Waals surface area contributed by atoms with Crippen LogP contribution < -0.4 is 5.32 Å². The third-order valence-corrected chi connectivity index (χ3v) is 15.1. The summed E-state index contributed by atoms with van der Waals surface area (Å²) in [6, 6.07) is -0.721. The Morgan fingerprint density at radius 3 is 1.21 bits per heavy atom. The van der Waals surface area contributed by atoms with Gasteiger partial charge < -0.3 is 40.3 Å². The van der Waals surface area contributed by atoms with Crippen molar-refractivity contribution in [3.05, 3.63) is 24.3 Å². The van der Waals surface area contributed by atoms with Crippen LogP contribution in [0.2, 0.25) is 0 Å². The summed E-state index contributed by atoms with van der Waals surface area (Å²) in [6.45, 7) is 3.88. The van der Waals surface area contributed by atoms with E-state index in [9.17, 15) is 30.3 Å². The van der Waals surface area contributed by atoms with Gasteiger partial charge in [-0.05, 0) is 44.9 Å². The van der Waals surface area contributed by atoms with Crippen LogP contribution in [0.1, 0.15) is 309 Å². The van der Waals surface area contributed by atoms with E-state index < -0.39 is 49.5 Å². The molecule has 1 fully saturated rings. The molecule has 0 aromatic carbocycles. The van der Waals surface area contributed by atoms with E-state index in [0.29, 0.717) is 12.8 Å². The number of nitrogens with one attached hydrogen (secondary N) is 1. The molecule has 7 unspecified atom stereocenters. The average molecular weight is 1010 g/mol. The monoisotopic (exact) mass is 1010 g/mol. The number of ether oxygens (including phenoxy) is 2. The Kier molecular flexibility index (Phi) is 49.7. The highest BCUT2D eigenvalue weighted by atomic mass is 16.7. The number of carbonyl (C=O) groups is 1. The molecule has 9 heteroatoms. The molecule has 1 heterocycles. The first-order chi connectivity index (χ1) is 34.8. The second-order valence-corrected chi connectivity index (χ2v) is 21.9. The van der Waals surface area contributed by atoms with Gasteiger partial charge in [-0.15, -0.1) is 0 Å². The Bertz CT molecular complexity index is 1170. The molecule has 1 rings (SSSR count). The molecule has 0 aliphatic carbocycles. The normalized spacial score (nSPS) is 19.3. The molecule has 1 aliphatic rings. The van der Waals surface area contributed by atoms with Gasteiger partial charge in [0.25, 0.3) is 0 Å². The molecule has 9 nitrogen and oxygen atoms in total. The van der Waals surface area contributed by atoms with Gasteiger partial charge in [0, 0.05) is 6.42 Å². The first kappa shape index (κ1) is 67.7. The number of hydrogen-bond acceptors (Lipinski definition) is 8. The lowest BCUT2D eigenvalue weighted by Gasteiger charge is -2.40. The minimum atomic E-state index is -1.55. The van der Waals surface area contributed by atoms with E-state index in [1.165, 1.54) is 238 Å². The molecule has 0 radical (unpaired) electrons. The zero-order valence-corrected chi connectivity index (χ0v) is 46.8. The van der Waals surface area contributed by atoms with Crippen LogP contribution in [0.5, 0.6) is 0 Å². The summed E-state index contributed by atoms with van der Waals surface area (Å²) in [7, 11) is 0. The maximum atomic E-state index is 13.1. The number of aliphatic hydroxyl groups is 5. The predicted molar refractivity (Wildman–Crippen MR) is 300 cm³/mol. The van der Waals surface area contributed by atoms with Crippen LogP contribution in [-0.4, -0.2) is 87.5 Å². The molecule has 0 bridgehead atoms. The topological polar surface area (TPSA) is 149 Å². The zero-order valence-electron chi connectivity index (χ0n) is 46.8. The summed E-state index contributed by atoms with van der Waals surface area (Å²) in [6.07, 6.45) is 59.3. The Morgan fingerprint density at radius 1 is 0.479 bits per heavy atom.